The molecule has 0 bridgehead atoms. The molecule has 1 aliphatic heterocycles. The van der Waals surface area contributed by atoms with Gasteiger partial charge >= 0.3 is 5.69 Å². The van der Waals surface area contributed by atoms with E-state index in [2.05, 4.69) is 32.1 Å². The predicted molar refractivity (Wildman–Crippen MR) is 136 cm³/mol. The van der Waals surface area contributed by atoms with E-state index >= 15 is 0 Å². The largest absolute Gasteiger partial charge is 0.360 e. The molecule has 4 aromatic rings. The molecule has 0 radical (unpaired) electrons. The summed E-state index contributed by atoms with van der Waals surface area (Å²) in [5.74, 6) is 1.34. The molecule has 5 heterocycles. The first-order valence-corrected chi connectivity index (χ1v) is 11.8. The van der Waals surface area contributed by atoms with Gasteiger partial charge in [0.1, 0.15) is 12.0 Å². The van der Waals surface area contributed by atoms with E-state index in [1.807, 2.05) is 18.2 Å². The first kappa shape index (κ1) is 23.7. The molecule has 1 unspecified atom stereocenters. The number of hydrogen-bond donors (Lipinski definition) is 1. The fourth-order valence-electron chi connectivity index (χ4n) is 4.57. The first-order valence-electron chi connectivity index (χ1n) is 11.8. The van der Waals surface area contributed by atoms with Crippen LogP contribution in [0.2, 0.25) is 0 Å². The molecule has 1 N–H and O–H groups in total. The Bertz CT molecular complexity index is 1510. The van der Waals surface area contributed by atoms with E-state index in [1.54, 1.807) is 31.1 Å². The Morgan fingerprint density at radius 2 is 1.92 bits per heavy atom. The molecule has 1 fully saturated rings. The van der Waals surface area contributed by atoms with Crippen molar-refractivity contribution in [2.45, 2.75) is 38.6 Å². The van der Waals surface area contributed by atoms with Crippen molar-refractivity contribution in [2.75, 3.05) is 23.9 Å². The molecular formula is C24H29N9O3. The normalized spacial score (nSPS) is 16.6. The second-order valence-electron chi connectivity index (χ2n) is 9.01. The summed E-state index contributed by atoms with van der Waals surface area (Å²) in [5, 5.41) is 3.26. The summed E-state index contributed by atoms with van der Waals surface area (Å²) < 4.78 is 9.72. The van der Waals surface area contributed by atoms with E-state index in [0.717, 1.165) is 41.2 Å². The van der Waals surface area contributed by atoms with Crippen molar-refractivity contribution in [3.8, 4) is 11.3 Å². The molecule has 4 aromatic heterocycles. The molecule has 5 rings (SSSR count). The van der Waals surface area contributed by atoms with Gasteiger partial charge in [-0.05, 0) is 31.9 Å². The van der Waals surface area contributed by atoms with E-state index in [-0.39, 0.29) is 6.54 Å². The molecule has 0 aromatic carbocycles. The third-order valence-electron chi connectivity index (χ3n) is 6.67. The summed E-state index contributed by atoms with van der Waals surface area (Å²) in [7, 11) is 4.61. The van der Waals surface area contributed by atoms with Crippen LogP contribution in [0.1, 0.15) is 19.8 Å². The Labute approximate surface area is 207 Å². The molecular weight excluding hydrogens is 462 g/mol. The number of fused-ring (bicyclic) bond motifs is 1. The summed E-state index contributed by atoms with van der Waals surface area (Å²) >= 11 is 0. The van der Waals surface area contributed by atoms with Gasteiger partial charge in [-0.1, -0.05) is 6.07 Å². The second kappa shape index (κ2) is 9.53. The van der Waals surface area contributed by atoms with Crippen LogP contribution in [0.4, 0.5) is 11.8 Å². The molecule has 0 amide bonds. The van der Waals surface area contributed by atoms with Crippen molar-refractivity contribution in [2.24, 2.45) is 14.1 Å². The van der Waals surface area contributed by atoms with Gasteiger partial charge in [-0.2, -0.15) is 0 Å². The van der Waals surface area contributed by atoms with E-state index in [4.69, 9.17) is 9.72 Å². The van der Waals surface area contributed by atoms with Crippen LogP contribution in [0, 0.1) is 0 Å². The number of methoxy groups -OCH3 is 1. The van der Waals surface area contributed by atoms with Gasteiger partial charge in [-0.15, -0.1) is 0 Å². The van der Waals surface area contributed by atoms with Crippen molar-refractivity contribution in [3.63, 3.8) is 0 Å². The lowest BCUT2D eigenvalue weighted by Crippen LogP contribution is -2.38. The fraction of sp³-hybridized carbons (Fsp3) is 0.417. The van der Waals surface area contributed by atoms with Crippen molar-refractivity contribution >= 4 is 22.9 Å². The average Bonchev–Trinajstić information content (AvgIpc) is 3.52. The lowest BCUT2D eigenvalue weighted by molar-refractivity contribution is 0.111. The number of anilines is 2. The molecule has 0 saturated carbocycles. The minimum atomic E-state index is -0.512. The summed E-state index contributed by atoms with van der Waals surface area (Å²) in [6.45, 7) is 3.45. The number of pyridine rings is 1. The van der Waals surface area contributed by atoms with Gasteiger partial charge in [0.25, 0.3) is 5.56 Å². The van der Waals surface area contributed by atoms with E-state index in [1.165, 1.54) is 17.9 Å². The van der Waals surface area contributed by atoms with Crippen molar-refractivity contribution in [3.05, 3.63) is 57.8 Å². The highest BCUT2D eigenvalue weighted by atomic mass is 16.5. The maximum Gasteiger partial charge on any atom is 0.332 e. The molecule has 12 heteroatoms. The summed E-state index contributed by atoms with van der Waals surface area (Å²) in [4.78, 5) is 45.3. The number of aromatic nitrogens is 7. The molecule has 0 aliphatic carbocycles. The van der Waals surface area contributed by atoms with Crippen LogP contribution in [-0.4, -0.2) is 59.6 Å². The van der Waals surface area contributed by atoms with Gasteiger partial charge in [0.2, 0.25) is 5.95 Å². The maximum absolute atomic E-state index is 12.7. The van der Waals surface area contributed by atoms with Gasteiger partial charge in [-0.25, -0.2) is 24.7 Å². The monoisotopic (exact) mass is 491 g/mol. The molecule has 1 saturated heterocycles. The quantitative estimate of drug-likeness (QED) is 0.382. The van der Waals surface area contributed by atoms with Gasteiger partial charge in [0.05, 0.1) is 18.6 Å². The highest BCUT2D eigenvalue weighted by molar-refractivity contribution is 5.70. The maximum atomic E-state index is 12.7. The van der Waals surface area contributed by atoms with Crippen molar-refractivity contribution < 1.29 is 4.74 Å². The van der Waals surface area contributed by atoms with Crippen LogP contribution >= 0.6 is 0 Å². The number of nitrogens with one attached hydrogen (secondary N) is 1. The lowest BCUT2D eigenvalue weighted by Gasteiger charge is -2.21. The van der Waals surface area contributed by atoms with Crippen LogP contribution in [0.15, 0.2) is 46.5 Å². The number of rotatable bonds is 7. The van der Waals surface area contributed by atoms with E-state index in [0.29, 0.717) is 23.0 Å². The highest BCUT2D eigenvalue weighted by Gasteiger charge is 2.22. The Balaban J connectivity index is 1.36. The van der Waals surface area contributed by atoms with Crippen molar-refractivity contribution in [1.82, 2.24) is 33.6 Å². The molecule has 188 valence electrons. The topological polar surface area (TPSA) is 125 Å². The minimum Gasteiger partial charge on any atom is -0.360 e. The van der Waals surface area contributed by atoms with Crippen LogP contribution in [0.25, 0.3) is 22.4 Å². The van der Waals surface area contributed by atoms with Crippen molar-refractivity contribution in [1.29, 1.82) is 0 Å². The second-order valence-corrected chi connectivity index (χ2v) is 9.01. The van der Waals surface area contributed by atoms with E-state index in [9.17, 15) is 9.59 Å². The Morgan fingerprint density at radius 3 is 2.61 bits per heavy atom. The average molecular weight is 492 g/mol. The van der Waals surface area contributed by atoms with Crippen LogP contribution in [-0.2, 0) is 25.4 Å². The Hall–Kier alpha value is -4.06. The minimum absolute atomic E-state index is 0.276. The van der Waals surface area contributed by atoms with E-state index < -0.39 is 17.5 Å². The number of imidazole rings is 1. The number of nitrogens with zero attached hydrogens (tertiary/aromatic N) is 8. The smallest absolute Gasteiger partial charge is 0.332 e. The summed E-state index contributed by atoms with van der Waals surface area (Å²) in [5.41, 5.74) is 1.36. The predicted octanol–water partition coefficient (Wildman–Crippen LogP) is 1.36. The van der Waals surface area contributed by atoms with Gasteiger partial charge in [0.15, 0.2) is 11.2 Å². The van der Waals surface area contributed by atoms with Gasteiger partial charge < -0.3 is 19.5 Å². The lowest BCUT2D eigenvalue weighted by atomic mass is 10.2. The Morgan fingerprint density at radius 1 is 1.14 bits per heavy atom. The standard InChI is InChI=1S/C24H29N9O3/c1-15-7-6-10-33(15)23-25-11-16(12-26-23)17-8-5-9-18(28-17)29-19(36-4)13-32-14-27-21-20(32)22(34)31(3)24(35)30(21)2/h5,8-9,11-12,14-15,19H,6-7,10,13H2,1-4H3,(H,28,29)/t15-,19?/m0/s1. The number of aryl methyl sites for hydroxylation is 1. The molecule has 1 aliphatic rings. The third-order valence-corrected chi connectivity index (χ3v) is 6.67. The van der Waals surface area contributed by atoms with Gasteiger partial charge in [-0.3, -0.25) is 13.9 Å². The Kier molecular flexibility index (Phi) is 6.27. The zero-order chi connectivity index (χ0) is 25.4. The van der Waals surface area contributed by atoms with Gasteiger partial charge in [0, 0.05) is 51.7 Å². The van der Waals surface area contributed by atoms with Crippen LogP contribution in [0.5, 0.6) is 0 Å². The third kappa shape index (κ3) is 4.24. The zero-order valence-corrected chi connectivity index (χ0v) is 20.7. The zero-order valence-electron chi connectivity index (χ0n) is 20.7. The summed E-state index contributed by atoms with van der Waals surface area (Å²) in [6, 6.07) is 6.08. The molecule has 2 atom stereocenters. The summed E-state index contributed by atoms with van der Waals surface area (Å²) in [6.07, 6.45) is 6.92. The van der Waals surface area contributed by atoms with Crippen LogP contribution < -0.4 is 21.5 Å². The number of hydrogen-bond acceptors (Lipinski definition) is 9. The highest BCUT2D eigenvalue weighted by Crippen LogP contribution is 2.24. The fourth-order valence-corrected chi connectivity index (χ4v) is 4.57. The molecule has 0 spiro atoms. The first-order chi connectivity index (χ1) is 17.4. The molecule has 12 nitrogen and oxygen atoms in total. The molecule has 36 heavy (non-hydrogen) atoms. The number of ether oxygens (including phenoxy) is 1. The SMILES string of the molecule is COC(Cn1cnc2c1c(=O)n(C)c(=O)n2C)Nc1cccc(-c2cnc(N3CCC[C@@H]3C)nc2)n1. The van der Waals surface area contributed by atoms with Crippen LogP contribution in [0.3, 0.4) is 0 Å².